The van der Waals surface area contributed by atoms with E-state index in [4.69, 9.17) is 10.1 Å². The molecule has 1 saturated heterocycles. The third kappa shape index (κ3) is 3.74. The number of nitrogens with zero attached hydrogens (tertiary/aromatic N) is 1. The van der Waals surface area contributed by atoms with Gasteiger partial charge in [0.25, 0.3) is 0 Å². The number of benzene rings is 1. The number of hydrogen-bond donors (Lipinski definition) is 1. The Hall–Kier alpha value is -1.16. The molecule has 24 heavy (non-hydrogen) atoms. The molecular formula is C15H22F3N2O3S+. The zero-order valence-corrected chi connectivity index (χ0v) is 14.7. The Morgan fingerprint density at radius 2 is 1.71 bits per heavy atom. The van der Waals surface area contributed by atoms with Crippen LogP contribution in [-0.2, 0) is 14.4 Å². The van der Waals surface area contributed by atoms with Crippen LogP contribution in [0.3, 0.4) is 0 Å². The second-order valence-corrected chi connectivity index (χ2v) is 7.85. The standard InChI is InChI=1S/C15H22F3N2O3S/c1-10-8-11(2)14(12(3)9-10)24(21,22)23-20(19)7-5-4-6-13(20)15(16,17)18/h8-9,13H,4-7,19H2,1-3H3/q+1. The normalized spacial score (nSPS) is 25.7. The SMILES string of the molecule is Cc1cc(C)c(S(=O)(=O)O[N+]2(N)CCCCC2C(F)(F)F)c(C)c1. The lowest BCUT2D eigenvalue weighted by Crippen LogP contribution is -2.68. The fraction of sp³-hybridized carbons (Fsp3) is 0.600. The maximum atomic E-state index is 13.3. The van der Waals surface area contributed by atoms with Crippen LogP contribution in [0.5, 0.6) is 0 Å². The topological polar surface area (TPSA) is 69.4 Å². The molecule has 1 aromatic rings. The van der Waals surface area contributed by atoms with Gasteiger partial charge in [-0.1, -0.05) is 22.5 Å². The van der Waals surface area contributed by atoms with Crippen molar-refractivity contribution in [2.75, 3.05) is 6.54 Å². The van der Waals surface area contributed by atoms with Crippen molar-refractivity contribution in [2.45, 2.75) is 57.1 Å². The Bertz CT molecular complexity index is 711. The largest absolute Gasteiger partial charge is 0.446 e. The molecule has 0 amide bonds. The van der Waals surface area contributed by atoms with Gasteiger partial charge in [-0.05, 0) is 42.6 Å². The van der Waals surface area contributed by atoms with Crippen molar-refractivity contribution in [3.63, 3.8) is 0 Å². The van der Waals surface area contributed by atoms with Crippen LogP contribution in [0.4, 0.5) is 13.2 Å². The summed E-state index contributed by atoms with van der Waals surface area (Å²) in [4.78, 5) is -0.123. The Balaban J connectivity index is 2.44. The summed E-state index contributed by atoms with van der Waals surface area (Å²) in [5.74, 6) is 5.76. The number of nitrogens with two attached hydrogens (primary N) is 1. The van der Waals surface area contributed by atoms with Crippen LogP contribution in [0.25, 0.3) is 0 Å². The summed E-state index contributed by atoms with van der Waals surface area (Å²) < 4.78 is 68.5. The molecule has 5 nitrogen and oxygen atoms in total. The molecule has 2 unspecified atom stereocenters. The van der Waals surface area contributed by atoms with E-state index in [1.165, 1.54) is 0 Å². The first-order chi connectivity index (χ1) is 10.9. The van der Waals surface area contributed by atoms with Gasteiger partial charge in [-0.15, -0.1) is 5.84 Å². The Kier molecular flexibility index (Phi) is 5.02. The second-order valence-electron chi connectivity index (χ2n) is 6.39. The van der Waals surface area contributed by atoms with Crippen LogP contribution in [0.1, 0.15) is 36.0 Å². The van der Waals surface area contributed by atoms with Crippen LogP contribution >= 0.6 is 0 Å². The molecule has 2 atom stereocenters. The van der Waals surface area contributed by atoms with E-state index in [0.29, 0.717) is 24.0 Å². The summed E-state index contributed by atoms with van der Waals surface area (Å²) in [6.07, 6.45) is -4.21. The molecule has 0 radical (unpaired) electrons. The molecule has 1 aliphatic rings. The minimum Gasteiger partial charge on any atom is -0.189 e. The highest BCUT2D eigenvalue weighted by Crippen LogP contribution is 2.37. The highest BCUT2D eigenvalue weighted by atomic mass is 32.2. The molecule has 2 N–H and O–H groups in total. The number of halogens is 3. The van der Waals surface area contributed by atoms with Gasteiger partial charge in [-0.3, -0.25) is 0 Å². The minimum atomic E-state index is -4.64. The zero-order chi connectivity index (χ0) is 18.3. The number of alkyl halides is 3. The molecular weight excluding hydrogens is 345 g/mol. The van der Waals surface area contributed by atoms with Crippen molar-refractivity contribution >= 4 is 10.1 Å². The van der Waals surface area contributed by atoms with E-state index in [0.717, 1.165) is 5.56 Å². The molecule has 1 aliphatic heterocycles. The lowest BCUT2D eigenvalue weighted by molar-refractivity contribution is -1.12. The number of aryl methyl sites for hydroxylation is 3. The van der Waals surface area contributed by atoms with Crippen LogP contribution in [-0.4, -0.2) is 31.9 Å². The third-order valence-corrected chi connectivity index (χ3v) is 5.85. The predicted octanol–water partition coefficient (Wildman–Crippen LogP) is 3.04. The van der Waals surface area contributed by atoms with E-state index in [2.05, 4.69) is 0 Å². The number of hydrogen-bond acceptors (Lipinski definition) is 4. The molecule has 1 aromatic carbocycles. The summed E-state index contributed by atoms with van der Waals surface area (Å²) in [5, 5.41) is 0. The van der Waals surface area contributed by atoms with Gasteiger partial charge in [0.05, 0.1) is 0 Å². The summed E-state index contributed by atoms with van der Waals surface area (Å²) >= 11 is 0. The molecule has 0 bridgehead atoms. The maximum absolute atomic E-state index is 13.3. The van der Waals surface area contributed by atoms with E-state index in [1.807, 2.05) is 0 Å². The van der Waals surface area contributed by atoms with Crippen LogP contribution in [0.15, 0.2) is 17.0 Å². The van der Waals surface area contributed by atoms with Crippen molar-refractivity contribution < 1.29 is 30.6 Å². The Morgan fingerprint density at radius 3 is 2.21 bits per heavy atom. The number of rotatable bonds is 3. The van der Waals surface area contributed by atoms with Crippen molar-refractivity contribution in [2.24, 2.45) is 5.84 Å². The van der Waals surface area contributed by atoms with Gasteiger partial charge in [0, 0.05) is 12.8 Å². The zero-order valence-electron chi connectivity index (χ0n) is 13.9. The smallest absolute Gasteiger partial charge is 0.189 e. The number of piperidine rings is 1. The molecule has 0 aliphatic carbocycles. The van der Waals surface area contributed by atoms with Gasteiger partial charge in [0.2, 0.25) is 6.04 Å². The monoisotopic (exact) mass is 367 g/mol. The molecule has 2 rings (SSSR count). The van der Waals surface area contributed by atoms with Crippen LogP contribution in [0.2, 0.25) is 0 Å². The summed E-state index contributed by atoms with van der Waals surface area (Å²) in [6, 6.07) is 1.22. The van der Waals surface area contributed by atoms with Gasteiger partial charge >= 0.3 is 16.3 Å². The van der Waals surface area contributed by atoms with Crippen molar-refractivity contribution in [1.82, 2.24) is 0 Å². The summed E-state index contributed by atoms with van der Waals surface area (Å²) in [6.45, 7) is 4.75. The fourth-order valence-corrected chi connectivity index (χ4v) is 4.88. The summed E-state index contributed by atoms with van der Waals surface area (Å²) in [5.41, 5.74) is 1.69. The molecule has 9 heteroatoms. The number of quaternary nitrogens is 1. The quantitative estimate of drug-likeness (QED) is 0.659. The first-order valence-electron chi connectivity index (χ1n) is 7.64. The summed E-state index contributed by atoms with van der Waals surface area (Å²) in [7, 11) is -4.44. The van der Waals surface area contributed by atoms with Gasteiger partial charge in [0.15, 0.2) is 0 Å². The average Bonchev–Trinajstić information content (AvgIpc) is 2.34. The Labute approximate surface area is 139 Å². The molecule has 136 valence electrons. The molecule has 1 heterocycles. The van der Waals surface area contributed by atoms with Crippen molar-refractivity contribution in [1.29, 1.82) is 0 Å². The van der Waals surface area contributed by atoms with E-state index in [9.17, 15) is 21.6 Å². The van der Waals surface area contributed by atoms with E-state index >= 15 is 0 Å². The molecule has 0 saturated carbocycles. The van der Waals surface area contributed by atoms with Gasteiger partial charge in [0.1, 0.15) is 11.4 Å². The van der Waals surface area contributed by atoms with E-state index in [-0.39, 0.29) is 17.9 Å². The van der Waals surface area contributed by atoms with E-state index in [1.54, 1.807) is 32.9 Å². The third-order valence-electron chi connectivity index (χ3n) is 4.23. The van der Waals surface area contributed by atoms with Crippen molar-refractivity contribution in [3.8, 4) is 0 Å². The average molecular weight is 367 g/mol. The lowest BCUT2D eigenvalue weighted by atomic mass is 10.0. The predicted molar refractivity (Wildman–Crippen MR) is 81.9 cm³/mol. The highest BCUT2D eigenvalue weighted by molar-refractivity contribution is 7.86. The molecule has 0 spiro atoms. The van der Waals surface area contributed by atoms with Crippen LogP contribution in [0, 0.1) is 20.8 Å². The highest BCUT2D eigenvalue weighted by Gasteiger charge is 2.58. The fourth-order valence-electron chi connectivity index (χ4n) is 3.35. The lowest BCUT2D eigenvalue weighted by Gasteiger charge is -2.39. The van der Waals surface area contributed by atoms with Crippen LogP contribution < -0.4 is 5.84 Å². The molecule has 0 aromatic heterocycles. The Morgan fingerprint density at radius 1 is 1.17 bits per heavy atom. The van der Waals surface area contributed by atoms with Gasteiger partial charge in [-0.25, -0.2) is 0 Å². The van der Waals surface area contributed by atoms with Gasteiger partial charge < -0.3 is 0 Å². The minimum absolute atomic E-state index is 0.123. The van der Waals surface area contributed by atoms with Gasteiger partial charge in [-0.2, -0.15) is 21.6 Å². The second kappa shape index (κ2) is 6.29. The number of hydroxylamine groups is 2. The van der Waals surface area contributed by atoms with E-state index < -0.39 is 27.1 Å². The first kappa shape index (κ1) is 19.2. The first-order valence-corrected chi connectivity index (χ1v) is 9.05. The van der Waals surface area contributed by atoms with Crippen molar-refractivity contribution in [3.05, 3.63) is 28.8 Å². The maximum Gasteiger partial charge on any atom is 0.446 e. The molecule has 1 fully saturated rings.